The van der Waals surface area contributed by atoms with Crippen LogP contribution < -0.4 is 5.32 Å². The van der Waals surface area contributed by atoms with Crippen molar-refractivity contribution in [3.05, 3.63) is 33.8 Å². The van der Waals surface area contributed by atoms with Crippen molar-refractivity contribution < 1.29 is 0 Å². The molecule has 0 spiro atoms. The first-order valence-electron chi connectivity index (χ1n) is 7.62. The van der Waals surface area contributed by atoms with Crippen LogP contribution in [0.1, 0.15) is 58.1 Å². The summed E-state index contributed by atoms with van der Waals surface area (Å²) in [5.74, 6) is 0.652. The van der Waals surface area contributed by atoms with Crippen LogP contribution in [0, 0.1) is 11.3 Å². The van der Waals surface area contributed by atoms with E-state index in [0.29, 0.717) is 27.4 Å². The SMILES string of the molecule is CCNC(c1cccc(Cl)c1Cl)C1CCC(C)(C)CC1. The standard InChI is InChI=1S/C17H25Cl2N/c1-4-20-16(12-8-10-17(2,3)11-9-12)13-6-5-7-14(18)15(13)19/h5-7,12,16,20H,4,8-11H2,1-3H3. The molecule has 1 aliphatic carbocycles. The molecule has 112 valence electrons. The molecule has 0 radical (unpaired) electrons. The third-order valence-electron chi connectivity index (χ3n) is 4.60. The largest absolute Gasteiger partial charge is 0.310 e. The molecule has 0 bridgehead atoms. The van der Waals surface area contributed by atoms with E-state index in [2.05, 4.69) is 32.2 Å². The highest BCUT2D eigenvalue weighted by Gasteiger charge is 2.32. The zero-order valence-corrected chi connectivity index (χ0v) is 14.2. The Morgan fingerprint density at radius 2 is 1.90 bits per heavy atom. The van der Waals surface area contributed by atoms with Crippen molar-refractivity contribution in [2.45, 2.75) is 52.5 Å². The van der Waals surface area contributed by atoms with Gasteiger partial charge in [-0.25, -0.2) is 0 Å². The molecule has 1 nitrogen and oxygen atoms in total. The minimum Gasteiger partial charge on any atom is -0.310 e. The van der Waals surface area contributed by atoms with Crippen LogP contribution >= 0.6 is 23.2 Å². The van der Waals surface area contributed by atoms with Gasteiger partial charge in [0.2, 0.25) is 0 Å². The van der Waals surface area contributed by atoms with Crippen molar-refractivity contribution in [2.24, 2.45) is 11.3 Å². The van der Waals surface area contributed by atoms with Crippen LogP contribution in [-0.4, -0.2) is 6.54 Å². The number of hydrogen-bond donors (Lipinski definition) is 1. The molecule has 3 heteroatoms. The normalized spacial score (nSPS) is 20.9. The van der Waals surface area contributed by atoms with Crippen molar-refractivity contribution in [1.82, 2.24) is 5.32 Å². The lowest BCUT2D eigenvalue weighted by Crippen LogP contribution is -2.33. The summed E-state index contributed by atoms with van der Waals surface area (Å²) in [5.41, 5.74) is 1.65. The van der Waals surface area contributed by atoms with E-state index >= 15 is 0 Å². The highest BCUT2D eigenvalue weighted by atomic mass is 35.5. The average Bonchev–Trinajstić information content (AvgIpc) is 2.40. The van der Waals surface area contributed by atoms with Crippen LogP contribution in [0.3, 0.4) is 0 Å². The maximum absolute atomic E-state index is 6.43. The molecule has 0 aromatic heterocycles. The van der Waals surface area contributed by atoms with Crippen LogP contribution in [0.5, 0.6) is 0 Å². The van der Waals surface area contributed by atoms with Crippen LogP contribution in [0.4, 0.5) is 0 Å². The van der Waals surface area contributed by atoms with Gasteiger partial charge in [-0.15, -0.1) is 0 Å². The molecule has 1 N–H and O–H groups in total. The van der Waals surface area contributed by atoms with Gasteiger partial charge in [0.1, 0.15) is 0 Å². The van der Waals surface area contributed by atoms with Gasteiger partial charge in [-0.3, -0.25) is 0 Å². The minimum atomic E-state index is 0.322. The number of benzene rings is 1. The number of hydrogen-bond acceptors (Lipinski definition) is 1. The maximum Gasteiger partial charge on any atom is 0.0640 e. The monoisotopic (exact) mass is 313 g/mol. The molecule has 0 aliphatic heterocycles. The average molecular weight is 314 g/mol. The van der Waals surface area contributed by atoms with Crippen molar-refractivity contribution in [2.75, 3.05) is 6.54 Å². The first kappa shape index (κ1) is 16.1. The summed E-state index contributed by atoms with van der Waals surface area (Å²) in [4.78, 5) is 0. The smallest absolute Gasteiger partial charge is 0.0640 e. The highest BCUT2D eigenvalue weighted by Crippen LogP contribution is 2.44. The van der Waals surface area contributed by atoms with E-state index in [4.69, 9.17) is 23.2 Å². The van der Waals surface area contributed by atoms with Gasteiger partial charge < -0.3 is 5.32 Å². The second-order valence-corrected chi connectivity index (χ2v) is 7.47. The predicted molar refractivity (Wildman–Crippen MR) is 88.6 cm³/mol. The van der Waals surface area contributed by atoms with E-state index in [1.54, 1.807) is 0 Å². The van der Waals surface area contributed by atoms with E-state index in [0.717, 1.165) is 12.1 Å². The van der Waals surface area contributed by atoms with Crippen molar-refractivity contribution >= 4 is 23.2 Å². The van der Waals surface area contributed by atoms with Gasteiger partial charge in [-0.05, 0) is 55.2 Å². The first-order chi connectivity index (χ1) is 9.44. The lowest BCUT2D eigenvalue weighted by molar-refractivity contribution is 0.162. The fourth-order valence-electron chi connectivity index (χ4n) is 3.27. The molecule has 1 aliphatic rings. The molecular weight excluding hydrogens is 289 g/mol. The third kappa shape index (κ3) is 3.69. The quantitative estimate of drug-likeness (QED) is 0.734. The summed E-state index contributed by atoms with van der Waals surface area (Å²) >= 11 is 12.6. The first-order valence-corrected chi connectivity index (χ1v) is 8.37. The second-order valence-electron chi connectivity index (χ2n) is 6.68. The summed E-state index contributed by atoms with van der Waals surface area (Å²) in [5, 5.41) is 4.99. The van der Waals surface area contributed by atoms with Crippen LogP contribution in [0.25, 0.3) is 0 Å². The molecule has 1 aromatic carbocycles. The molecule has 1 fully saturated rings. The molecule has 0 saturated heterocycles. The van der Waals surface area contributed by atoms with Crippen LogP contribution in [0.15, 0.2) is 18.2 Å². The predicted octanol–water partition coefficient (Wildman–Crippen LogP) is 5.86. The minimum absolute atomic E-state index is 0.322. The lowest BCUT2D eigenvalue weighted by atomic mass is 9.70. The van der Waals surface area contributed by atoms with E-state index in [-0.39, 0.29) is 0 Å². The molecule has 1 atom stereocenters. The molecule has 2 rings (SSSR count). The summed E-state index contributed by atoms with van der Waals surface area (Å²) < 4.78 is 0. The van der Waals surface area contributed by atoms with Crippen LogP contribution in [0.2, 0.25) is 10.0 Å². The van der Waals surface area contributed by atoms with Crippen molar-refractivity contribution in [3.8, 4) is 0 Å². The second kappa shape index (κ2) is 6.68. The van der Waals surface area contributed by atoms with Crippen molar-refractivity contribution in [1.29, 1.82) is 0 Å². The Morgan fingerprint density at radius 1 is 1.25 bits per heavy atom. The number of halogens is 2. The zero-order valence-electron chi connectivity index (χ0n) is 12.7. The Balaban J connectivity index is 2.21. The number of nitrogens with one attached hydrogen (secondary N) is 1. The molecular formula is C17H25Cl2N. The Kier molecular flexibility index (Phi) is 5.39. The van der Waals surface area contributed by atoms with Gasteiger partial charge in [0.05, 0.1) is 10.0 Å². The van der Waals surface area contributed by atoms with Gasteiger partial charge in [0.15, 0.2) is 0 Å². The lowest BCUT2D eigenvalue weighted by Gasteiger charge is -2.38. The molecule has 1 saturated carbocycles. The summed E-state index contributed by atoms with van der Waals surface area (Å²) in [7, 11) is 0. The molecule has 0 amide bonds. The zero-order chi connectivity index (χ0) is 14.8. The molecule has 1 aromatic rings. The van der Waals surface area contributed by atoms with Crippen molar-refractivity contribution in [3.63, 3.8) is 0 Å². The van der Waals surface area contributed by atoms with Gasteiger partial charge in [-0.1, -0.05) is 56.1 Å². The van der Waals surface area contributed by atoms with Gasteiger partial charge in [0.25, 0.3) is 0 Å². The topological polar surface area (TPSA) is 12.0 Å². The number of rotatable bonds is 4. The summed E-state index contributed by atoms with van der Waals surface area (Å²) in [6.45, 7) is 7.85. The van der Waals surface area contributed by atoms with Gasteiger partial charge in [-0.2, -0.15) is 0 Å². The Bertz CT molecular complexity index is 446. The van der Waals surface area contributed by atoms with Gasteiger partial charge in [0, 0.05) is 6.04 Å². The Hall–Kier alpha value is -0.240. The Labute approximate surface area is 133 Å². The fraction of sp³-hybridized carbons (Fsp3) is 0.647. The molecule has 1 unspecified atom stereocenters. The maximum atomic E-state index is 6.43. The Morgan fingerprint density at radius 3 is 2.50 bits per heavy atom. The summed E-state index contributed by atoms with van der Waals surface area (Å²) in [6, 6.07) is 6.30. The van der Waals surface area contributed by atoms with E-state index in [9.17, 15) is 0 Å². The van der Waals surface area contributed by atoms with Crippen LogP contribution in [-0.2, 0) is 0 Å². The van der Waals surface area contributed by atoms with E-state index < -0.39 is 0 Å². The molecule has 0 heterocycles. The third-order valence-corrected chi connectivity index (χ3v) is 5.43. The summed E-state index contributed by atoms with van der Waals surface area (Å²) in [6.07, 6.45) is 5.09. The molecule has 20 heavy (non-hydrogen) atoms. The highest BCUT2D eigenvalue weighted by molar-refractivity contribution is 6.42. The van der Waals surface area contributed by atoms with Gasteiger partial charge >= 0.3 is 0 Å². The van der Waals surface area contributed by atoms with E-state index in [1.165, 1.54) is 25.7 Å². The fourth-order valence-corrected chi connectivity index (χ4v) is 3.69. The van der Waals surface area contributed by atoms with E-state index in [1.807, 2.05) is 12.1 Å².